The molecule has 34 heavy (non-hydrogen) atoms. The summed E-state index contributed by atoms with van der Waals surface area (Å²) < 4.78 is 13.3. The van der Waals surface area contributed by atoms with Crippen LogP contribution in [0.25, 0.3) is 6.08 Å². The van der Waals surface area contributed by atoms with Crippen LogP contribution in [0.5, 0.6) is 11.5 Å². The predicted octanol–water partition coefficient (Wildman–Crippen LogP) is 7.53. The van der Waals surface area contributed by atoms with Crippen LogP contribution in [0, 0.1) is 3.57 Å². The van der Waals surface area contributed by atoms with Crippen molar-refractivity contribution in [2.24, 2.45) is 0 Å². The standard InChI is InChI=1S/C25H18BrClINO4S/c1-32-21-11-17(10-20(26)23(21)33-14-16-2-6-18(27)7-3-16)12-22-24(30)29(25(31)34-22)13-15-4-8-19(28)9-5-15/h2-12H,13-14H2,1H3/b22-12-. The van der Waals surface area contributed by atoms with E-state index in [4.69, 9.17) is 21.1 Å². The zero-order valence-corrected chi connectivity index (χ0v) is 23.2. The van der Waals surface area contributed by atoms with E-state index in [0.717, 1.165) is 26.5 Å². The minimum absolute atomic E-state index is 0.240. The maximum absolute atomic E-state index is 12.9. The molecule has 1 saturated heterocycles. The fraction of sp³-hybridized carbons (Fsp3) is 0.120. The number of benzene rings is 3. The summed E-state index contributed by atoms with van der Waals surface area (Å²) in [6.07, 6.45) is 1.69. The molecule has 3 aromatic carbocycles. The molecule has 1 aliphatic rings. The van der Waals surface area contributed by atoms with Crippen molar-refractivity contribution in [3.63, 3.8) is 0 Å². The summed E-state index contributed by atoms with van der Waals surface area (Å²) in [5.41, 5.74) is 2.57. The molecule has 0 N–H and O–H groups in total. The fourth-order valence-electron chi connectivity index (χ4n) is 3.26. The van der Waals surface area contributed by atoms with Gasteiger partial charge in [-0.05, 0) is 109 Å². The summed E-state index contributed by atoms with van der Waals surface area (Å²) in [7, 11) is 1.55. The summed E-state index contributed by atoms with van der Waals surface area (Å²) in [6.45, 7) is 0.576. The number of carbonyl (C=O) groups excluding carboxylic acids is 2. The van der Waals surface area contributed by atoms with Crippen LogP contribution in [-0.4, -0.2) is 23.2 Å². The number of ether oxygens (including phenoxy) is 2. The van der Waals surface area contributed by atoms with Crippen molar-refractivity contribution in [1.29, 1.82) is 0 Å². The van der Waals surface area contributed by atoms with E-state index in [1.165, 1.54) is 4.90 Å². The summed E-state index contributed by atoms with van der Waals surface area (Å²) in [6, 6.07) is 18.7. The van der Waals surface area contributed by atoms with Gasteiger partial charge in [-0.3, -0.25) is 14.5 Å². The normalized spacial score (nSPS) is 14.7. The van der Waals surface area contributed by atoms with Crippen LogP contribution >= 0.6 is 61.9 Å². The van der Waals surface area contributed by atoms with Crippen molar-refractivity contribution in [1.82, 2.24) is 4.90 Å². The maximum atomic E-state index is 12.9. The first-order valence-electron chi connectivity index (χ1n) is 10.1. The zero-order chi connectivity index (χ0) is 24.2. The van der Waals surface area contributed by atoms with Crippen molar-refractivity contribution in [2.45, 2.75) is 13.2 Å². The van der Waals surface area contributed by atoms with Crippen LogP contribution in [0.15, 0.2) is 70.0 Å². The second-order valence-electron chi connectivity index (χ2n) is 7.34. The molecular formula is C25H18BrClINO4S. The van der Waals surface area contributed by atoms with Gasteiger partial charge in [-0.25, -0.2) is 0 Å². The third-order valence-corrected chi connectivity index (χ3v) is 7.44. The van der Waals surface area contributed by atoms with E-state index in [9.17, 15) is 9.59 Å². The first-order valence-corrected chi connectivity index (χ1v) is 13.2. The Kier molecular flexibility index (Phi) is 8.23. The molecule has 3 aromatic rings. The van der Waals surface area contributed by atoms with Crippen molar-refractivity contribution in [3.8, 4) is 11.5 Å². The van der Waals surface area contributed by atoms with Gasteiger partial charge in [0.15, 0.2) is 11.5 Å². The number of nitrogens with zero attached hydrogens (tertiary/aromatic N) is 1. The van der Waals surface area contributed by atoms with Gasteiger partial charge in [0.2, 0.25) is 0 Å². The Morgan fingerprint density at radius 3 is 2.41 bits per heavy atom. The number of carbonyl (C=O) groups is 2. The average Bonchev–Trinajstić information content (AvgIpc) is 3.07. The summed E-state index contributed by atoms with van der Waals surface area (Å²) in [5, 5.41) is 0.374. The second kappa shape index (κ2) is 11.2. The minimum atomic E-state index is -0.313. The minimum Gasteiger partial charge on any atom is -0.493 e. The Balaban J connectivity index is 1.52. The Bertz CT molecular complexity index is 1270. The average molecular weight is 671 g/mol. The highest BCUT2D eigenvalue weighted by atomic mass is 127. The van der Waals surface area contributed by atoms with Gasteiger partial charge < -0.3 is 9.47 Å². The van der Waals surface area contributed by atoms with E-state index in [1.807, 2.05) is 42.5 Å². The molecule has 5 nitrogen and oxygen atoms in total. The van der Waals surface area contributed by atoms with Crippen molar-refractivity contribution < 1.29 is 19.1 Å². The second-order valence-corrected chi connectivity index (χ2v) is 10.9. The highest BCUT2D eigenvalue weighted by molar-refractivity contribution is 14.1. The van der Waals surface area contributed by atoms with Crippen LogP contribution in [0.1, 0.15) is 16.7 Å². The smallest absolute Gasteiger partial charge is 0.293 e. The maximum Gasteiger partial charge on any atom is 0.293 e. The third-order valence-electron chi connectivity index (χ3n) is 4.97. The van der Waals surface area contributed by atoms with E-state index in [0.29, 0.717) is 38.1 Å². The highest BCUT2D eigenvalue weighted by Gasteiger charge is 2.35. The lowest BCUT2D eigenvalue weighted by Gasteiger charge is -2.14. The molecule has 0 radical (unpaired) electrons. The molecule has 0 aromatic heterocycles. The molecule has 0 aliphatic carbocycles. The van der Waals surface area contributed by atoms with Gasteiger partial charge in [-0.2, -0.15) is 0 Å². The van der Waals surface area contributed by atoms with Gasteiger partial charge >= 0.3 is 0 Å². The molecule has 4 rings (SSSR count). The van der Waals surface area contributed by atoms with Crippen LogP contribution in [-0.2, 0) is 17.9 Å². The number of methoxy groups -OCH3 is 1. The first-order chi connectivity index (χ1) is 16.3. The largest absolute Gasteiger partial charge is 0.493 e. The lowest BCUT2D eigenvalue weighted by Crippen LogP contribution is -2.27. The Morgan fingerprint density at radius 2 is 1.74 bits per heavy atom. The number of rotatable bonds is 7. The monoisotopic (exact) mass is 669 g/mol. The molecule has 9 heteroatoms. The van der Waals surface area contributed by atoms with Crippen molar-refractivity contribution >= 4 is 79.1 Å². The van der Waals surface area contributed by atoms with Crippen LogP contribution in [0.3, 0.4) is 0 Å². The van der Waals surface area contributed by atoms with E-state index in [-0.39, 0.29) is 17.7 Å². The van der Waals surface area contributed by atoms with E-state index >= 15 is 0 Å². The van der Waals surface area contributed by atoms with E-state index in [1.54, 1.807) is 31.4 Å². The highest BCUT2D eigenvalue weighted by Crippen LogP contribution is 2.39. The summed E-state index contributed by atoms with van der Waals surface area (Å²) >= 11 is 12.6. The van der Waals surface area contributed by atoms with Crippen LogP contribution < -0.4 is 9.47 Å². The van der Waals surface area contributed by atoms with Gasteiger partial charge in [0.1, 0.15) is 6.61 Å². The number of hydrogen-bond acceptors (Lipinski definition) is 5. The zero-order valence-electron chi connectivity index (χ0n) is 17.9. The Labute approximate surface area is 228 Å². The van der Waals surface area contributed by atoms with Gasteiger partial charge in [0.05, 0.1) is 23.0 Å². The topological polar surface area (TPSA) is 55.8 Å². The Hall–Kier alpha value is -2.01. The van der Waals surface area contributed by atoms with Crippen molar-refractivity contribution in [3.05, 3.63) is 95.3 Å². The van der Waals surface area contributed by atoms with Crippen LogP contribution in [0.4, 0.5) is 4.79 Å². The molecule has 0 bridgehead atoms. The molecule has 2 amide bonds. The number of thioether (sulfide) groups is 1. The van der Waals surface area contributed by atoms with Crippen molar-refractivity contribution in [2.75, 3.05) is 7.11 Å². The molecule has 0 atom stereocenters. The first kappa shape index (κ1) is 25.1. The number of halogens is 3. The van der Waals surface area contributed by atoms with Gasteiger partial charge in [-0.15, -0.1) is 0 Å². The molecule has 174 valence electrons. The summed E-state index contributed by atoms with van der Waals surface area (Å²) in [4.78, 5) is 27.0. The number of imide groups is 1. The SMILES string of the molecule is COc1cc(/C=C2\SC(=O)N(Cc3ccc(I)cc3)C2=O)cc(Br)c1OCc1ccc(Cl)cc1. The molecule has 1 heterocycles. The molecule has 0 saturated carbocycles. The Morgan fingerprint density at radius 1 is 1.06 bits per heavy atom. The molecule has 0 spiro atoms. The number of amides is 2. The van der Waals surface area contributed by atoms with Crippen LogP contribution in [0.2, 0.25) is 5.02 Å². The quantitative estimate of drug-likeness (QED) is 0.192. The van der Waals surface area contributed by atoms with E-state index in [2.05, 4.69) is 38.5 Å². The summed E-state index contributed by atoms with van der Waals surface area (Å²) in [5.74, 6) is 0.737. The molecule has 1 aliphatic heterocycles. The lowest BCUT2D eigenvalue weighted by molar-refractivity contribution is -0.123. The van der Waals surface area contributed by atoms with E-state index < -0.39 is 0 Å². The third kappa shape index (κ3) is 5.97. The predicted molar refractivity (Wildman–Crippen MR) is 147 cm³/mol. The molecule has 0 unspecified atom stereocenters. The van der Waals surface area contributed by atoms with Gasteiger partial charge in [0.25, 0.3) is 11.1 Å². The number of hydrogen-bond donors (Lipinski definition) is 0. The fourth-order valence-corrected chi connectivity index (χ4v) is 5.16. The molecular weight excluding hydrogens is 653 g/mol. The van der Waals surface area contributed by atoms with Gasteiger partial charge in [-0.1, -0.05) is 35.9 Å². The molecule has 1 fully saturated rings. The lowest BCUT2D eigenvalue weighted by atomic mass is 10.1. The van der Waals surface area contributed by atoms with Gasteiger partial charge in [0, 0.05) is 8.59 Å².